The van der Waals surface area contributed by atoms with E-state index in [0.29, 0.717) is 18.9 Å². The predicted molar refractivity (Wildman–Crippen MR) is 120 cm³/mol. The van der Waals surface area contributed by atoms with Crippen LogP contribution in [0.15, 0.2) is 45.2 Å². The van der Waals surface area contributed by atoms with Crippen LogP contribution in [0.4, 0.5) is 5.69 Å². The van der Waals surface area contributed by atoms with Crippen LogP contribution < -0.4 is 16.0 Å². The van der Waals surface area contributed by atoms with Crippen molar-refractivity contribution in [2.24, 2.45) is 4.99 Å². The van der Waals surface area contributed by atoms with Gasteiger partial charge in [-0.1, -0.05) is 28.1 Å². The van der Waals surface area contributed by atoms with Gasteiger partial charge in [0.05, 0.1) is 6.54 Å². The molecule has 0 aliphatic carbocycles. The molecule has 0 unspecified atom stereocenters. The Hall–Kier alpha value is -1.13. The standard InChI is InChI=1S/C17H21BrN4OS.HI/c1-12-5-6-13(18)10-15(12)22-16(23)7-8-20-17(19-2)21-11-14-4-3-9-24-14;/h3-6,9-10H,7-8,11H2,1-2H3,(H,22,23)(H2,19,20,21);1H. The number of nitrogens with one attached hydrogen (secondary N) is 3. The zero-order valence-corrected chi connectivity index (χ0v) is 18.9. The van der Waals surface area contributed by atoms with Gasteiger partial charge < -0.3 is 16.0 Å². The first-order chi connectivity index (χ1) is 11.6. The Bertz CT molecular complexity index is 707. The molecule has 0 radical (unpaired) electrons. The van der Waals surface area contributed by atoms with E-state index in [4.69, 9.17) is 0 Å². The zero-order chi connectivity index (χ0) is 17.4. The van der Waals surface area contributed by atoms with Crippen molar-refractivity contribution in [1.29, 1.82) is 0 Å². The number of benzene rings is 1. The highest BCUT2D eigenvalue weighted by molar-refractivity contribution is 14.0. The number of guanidine groups is 1. The van der Waals surface area contributed by atoms with E-state index in [1.54, 1.807) is 18.4 Å². The van der Waals surface area contributed by atoms with E-state index in [9.17, 15) is 4.79 Å². The van der Waals surface area contributed by atoms with E-state index in [2.05, 4.69) is 42.9 Å². The maximum atomic E-state index is 12.1. The molecular weight excluding hydrogens is 515 g/mol. The first kappa shape index (κ1) is 21.9. The third kappa shape index (κ3) is 7.74. The lowest BCUT2D eigenvalue weighted by Gasteiger charge is -2.12. The van der Waals surface area contributed by atoms with Crippen LogP contribution in [-0.4, -0.2) is 25.5 Å². The molecule has 5 nitrogen and oxygen atoms in total. The summed E-state index contributed by atoms with van der Waals surface area (Å²) in [6, 6.07) is 9.91. The molecule has 0 aliphatic rings. The molecule has 1 aromatic heterocycles. The third-order valence-electron chi connectivity index (χ3n) is 3.35. The van der Waals surface area contributed by atoms with Crippen LogP contribution in [0.2, 0.25) is 0 Å². The summed E-state index contributed by atoms with van der Waals surface area (Å²) >= 11 is 5.11. The number of aliphatic imine (C=N–C) groups is 1. The first-order valence-electron chi connectivity index (χ1n) is 7.61. The average molecular weight is 537 g/mol. The van der Waals surface area contributed by atoms with Crippen molar-refractivity contribution in [2.75, 3.05) is 18.9 Å². The summed E-state index contributed by atoms with van der Waals surface area (Å²) in [6.45, 7) is 3.21. The number of nitrogens with zero attached hydrogens (tertiary/aromatic N) is 1. The predicted octanol–water partition coefficient (Wildman–Crippen LogP) is 4.13. The number of carbonyl (C=O) groups is 1. The summed E-state index contributed by atoms with van der Waals surface area (Å²) in [7, 11) is 1.72. The summed E-state index contributed by atoms with van der Waals surface area (Å²) in [4.78, 5) is 17.5. The molecule has 0 spiro atoms. The highest BCUT2D eigenvalue weighted by Crippen LogP contribution is 2.20. The van der Waals surface area contributed by atoms with Gasteiger partial charge in [0.1, 0.15) is 0 Å². The molecule has 8 heteroatoms. The van der Waals surface area contributed by atoms with Gasteiger partial charge >= 0.3 is 0 Å². The highest BCUT2D eigenvalue weighted by atomic mass is 127. The Balaban J connectivity index is 0.00000312. The number of rotatable bonds is 6. The summed E-state index contributed by atoms with van der Waals surface area (Å²) in [5.74, 6) is 0.659. The Morgan fingerprint density at radius 3 is 2.76 bits per heavy atom. The largest absolute Gasteiger partial charge is 0.356 e. The minimum absolute atomic E-state index is 0. The number of amides is 1. The van der Waals surface area contributed by atoms with Gasteiger partial charge in [0.25, 0.3) is 0 Å². The van der Waals surface area contributed by atoms with E-state index in [-0.39, 0.29) is 29.9 Å². The smallest absolute Gasteiger partial charge is 0.226 e. The summed E-state index contributed by atoms with van der Waals surface area (Å²) < 4.78 is 0.944. The van der Waals surface area contributed by atoms with Gasteiger partial charge in [-0.2, -0.15) is 0 Å². The number of hydrogen-bond donors (Lipinski definition) is 3. The maximum absolute atomic E-state index is 12.1. The minimum Gasteiger partial charge on any atom is -0.356 e. The molecule has 0 fully saturated rings. The van der Waals surface area contributed by atoms with Crippen LogP contribution in [-0.2, 0) is 11.3 Å². The van der Waals surface area contributed by atoms with Gasteiger partial charge in [-0.15, -0.1) is 35.3 Å². The Morgan fingerprint density at radius 1 is 1.28 bits per heavy atom. The molecule has 2 aromatic rings. The third-order valence-corrected chi connectivity index (χ3v) is 4.72. The van der Waals surface area contributed by atoms with Gasteiger partial charge in [0, 0.05) is 35.1 Å². The number of halogens is 2. The van der Waals surface area contributed by atoms with E-state index in [1.165, 1.54) is 4.88 Å². The fourth-order valence-corrected chi connectivity index (χ4v) is 3.05. The van der Waals surface area contributed by atoms with Crippen molar-refractivity contribution in [3.05, 3.63) is 50.6 Å². The zero-order valence-electron chi connectivity index (χ0n) is 14.1. The lowest BCUT2D eigenvalue weighted by molar-refractivity contribution is -0.116. The van der Waals surface area contributed by atoms with E-state index < -0.39 is 0 Å². The molecule has 25 heavy (non-hydrogen) atoms. The quantitative estimate of drug-likeness (QED) is 0.295. The van der Waals surface area contributed by atoms with E-state index >= 15 is 0 Å². The SMILES string of the molecule is CN=C(NCCC(=O)Nc1cc(Br)ccc1C)NCc1cccs1.I. The second-order valence-electron chi connectivity index (χ2n) is 5.19. The molecule has 0 aliphatic heterocycles. The number of aryl methyl sites for hydroxylation is 1. The monoisotopic (exact) mass is 536 g/mol. The van der Waals surface area contributed by atoms with Crippen molar-refractivity contribution in [3.8, 4) is 0 Å². The van der Waals surface area contributed by atoms with E-state index in [0.717, 1.165) is 22.3 Å². The lowest BCUT2D eigenvalue weighted by Crippen LogP contribution is -2.38. The normalized spacial score (nSPS) is 10.8. The molecule has 0 saturated heterocycles. The van der Waals surface area contributed by atoms with Crippen LogP contribution >= 0.6 is 51.2 Å². The van der Waals surface area contributed by atoms with Crippen molar-refractivity contribution < 1.29 is 4.79 Å². The highest BCUT2D eigenvalue weighted by Gasteiger charge is 2.06. The molecule has 0 bridgehead atoms. The van der Waals surface area contributed by atoms with Crippen molar-refractivity contribution >= 4 is 68.8 Å². The number of carbonyl (C=O) groups excluding carboxylic acids is 1. The molecule has 1 amide bonds. The van der Waals surface area contributed by atoms with Crippen LogP contribution in [0.25, 0.3) is 0 Å². The fraction of sp³-hybridized carbons (Fsp3) is 0.294. The minimum atomic E-state index is -0.0302. The lowest BCUT2D eigenvalue weighted by atomic mass is 10.2. The maximum Gasteiger partial charge on any atom is 0.226 e. The number of thiophene rings is 1. The Kier molecular flexibility index (Phi) is 10.1. The van der Waals surface area contributed by atoms with Gasteiger partial charge in [0.2, 0.25) is 5.91 Å². The Morgan fingerprint density at radius 2 is 2.08 bits per heavy atom. The molecular formula is C17H22BrIN4OS. The molecule has 136 valence electrons. The van der Waals surface area contributed by atoms with Crippen molar-refractivity contribution in [2.45, 2.75) is 19.9 Å². The van der Waals surface area contributed by atoms with Crippen molar-refractivity contribution in [3.63, 3.8) is 0 Å². The molecule has 1 aromatic carbocycles. The van der Waals surface area contributed by atoms with Gasteiger partial charge in [-0.05, 0) is 36.1 Å². The second kappa shape index (κ2) is 11.5. The number of anilines is 1. The second-order valence-corrected chi connectivity index (χ2v) is 7.14. The van der Waals surface area contributed by atoms with Gasteiger partial charge in [-0.3, -0.25) is 9.79 Å². The first-order valence-corrected chi connectivity index (χ1v) is 9.28. The van der Waals surface area contributed by atoms with E-state index in [1.807, 2.05) is 36.6 Å². The molecule has 3 N–H and O–H groups in total. The summed E-state index contributed by atoms with van der Waals surface area (Å²) in [5.41, 5.74) is 1.86. The van der Waals surface area contributed by atoms with Crippen LogP contribution in [0.5, 0.6) is 0 Å². The molecule has 0 atom stereocenters. The van der Waals surface area contributed by atoms with Gasteiger partial charge in [-0.25, -0.2) is 0 Å². The molecule has 0 saturated carbocycles. The van der Waals surface area contributed by atoms with Crippen LogP contribution in [0.3, 0.4) is 0 Å². The fourth-order valence-electron chi connectivity index (χ4n) is 2.04. The topological polar surface area (TPSA) is 65.5 Å². The van der Waals surface area contributed by atoms with Crippen LogP contribution in [0.1, 0.15) is 16.9 Å². The Labute approximate surface area is 177 Å². The van der Waals surface area contributed by atoms with Crippen molar-refractivity contribution in [1.82, 2.24) is 10.6 Å². The summed E-state index contributed by atoms with van der Waals surface area (Å²) in [5, 5.41) is 11.3. The number of hydrogen-bond acceptors (Lipinski definition) is 3. The molecule has 1 heterocycles. The van der Waals surface area contributed by atoms with Gasteiger partial charge in [0.15, 0.2) is 5.96 Å². The molecule has 2 rings (SSSR count). The average Bonchev–Trinajstić information content (AvgIpc) is 3.07. The van der Waals surface area contributed by atoms with Crippen LogP contribution in [0, 0.1) is 6.92 Å². The summed E-state index contributed by atoms with van der Waals surface area (Å²) in [6.07, 6.45) is 0.367.